The molecule has 1 fully saturated rings. The van der Waals surface area contributed by atoms with Crippen LogP contribution in [0.1, 0.15) is 45.4 Å². The first-order valence-corrected chi connectivity index (χ1v) is 6.33. The standard InChI is InChI=1S/C12H24N2O/c1-2-8-13-9-7-12(15)14-10-5-3-4-6-11-14/h13H,2-11H2,1H3. The van der Waals surface area contributed by atoms with Gasteiger partial charge in [0.05, 0.1) is 0 Å². The Hall–Kier alpha value is -0.570. The minimum Gasteiger partial charge on any atom is -0.343 e. The van der Waals surface area contributed by atoms with Gasteiger partial charge >= 0.3 is 0 Å². The van der Waals surface area contributed by atoms with Crippen LogP contribution in [0.15, 0.2) is 0 Å². The van der Waals surface area contributed by atoms with Gasteiger partial charge in [-0.3, -0.25) is 4.79 Å². The number of carbonyl (C=O) groups is 1. The smallest absolute Gasteiger partial charge is 0.223 e. The number of rotatable bonds is 5. The number of hydrogen-bond acceptors (Lipinski definition) is 2. The zero-order valence-electron chi connectivity index (χ0n) is 9.93. The van der Waals surface area contributed by atoms with Crippen molar-refractivity contribution in [3.8, 4) is 0 Å². The second-order valence-electron chi connectivity index (χ2n) is 4.30. The summed E-state index contributed by atoms with van der Waals surface area (Å²) in [5.74, 6) is 0.334. The highest BCUT2D eigenvalue weighted by Gasteiger charge is 2.14. The van der Waals surface area contributed by atoms with E-state index in [2.05, 4.69) is 12.2 Å². The molecule has 1 heterocycles. The van der Waals surface area contributed by atoms with E-state index in [0.717, 1.165) is 32.6 Å². The number of hydrogen-bond donors (Lipinski definition) is 1. The quantitative estimate of drug-likeness (QED) is 0.705. The Morgan fingerprint density at radius 3 is 2.40 bits per heavy atom. The molecule has 1 N–H and O–H groups in total. The number of likely N-dealkylation sites (tertiary alicyclic amines) is 1. The molecule has 0 atom stereocenters. The van der Waals surface area contributed by atoms with Crippen molar-refractivity contribution in [2.75, 3.05) is 26.2 Å². The molecule has 1 amide bonds. The first-order chi connectivity index (χ1) is 7.34. The molecule has 0 aliphatic carbocycles. The number of carbonyl (C=O) groups excluding carboxylic acids is 1. The lowest BCUT2D eigenvalue weighted by atomic mass is 10.2. The molecule has 15 heavy (non-hydrogen) atoms. The molecule has 1 aliphatic heterocycles. The van der Waals surface area contributed by atoms with Gasteiger partial charge in [0, 0.05) is 26.1 Å². The van der Waals surface area contributed by atoms with Crippen LogP contribution in [0.2, 0.25) is 0 Å². The summed E-state index contributed by atoms with van der Waals surface area (Å²) in [6.45, 7) is 5.96. The zero-order chi connectivity index (χ0) is 10.9. The van der Waals surface area contributed by atoms with Crippen molar-refractivity contribution in [2.45, 2.75) is 45.4 Å². The van der Waals surface area contributed by atoms with Crippen LogP contribution in [0.25, 0.3) is 0 Å². The minimum atomic E-state index is 0.334. The lowest BCUT2D eigenvalue weighted by molar-refractivity contribution is -0.131. The van der Waals surface area contributed by atoms with E-state index in [4.69, 9.17) is 0 Å². The van der Waals surface area contributed by atoms with Crippen molar-refractivity contribution < 1.29 is 4.79 Å². The third-order valence-electron chi connectivity index (χ3n) is 2.90. The van der Waals surface area contributed by atoms with Gasteiger partial charge in [-0.25, -0.2) is 0 Å². The van der Waals surface area contributed by atoms with Gasteiger partial charge in [-0.15, -0.1) is 0 Å². The summed E-state index contributed by atoms with van der Waals surface area (Å²) in [5.41, 5.74) is 0. The predicted molar refractivity (Wildman–Crippen MR) is 62.8 cm³/mol. The lowest BCUT2D eigenvalue weighted by Gasteiger charge is -2.20. The van der Waals surface area contributed by atoms with Gasteiger partial charge in [0.15, 0.2) is 0 Å². The van der Waals surface area contributed by atoms with E-state index in [1.807, 2.05) is 4.90 Å². The topological polar surface area (TPSA) is 32.3 Å². The Morgan fingerprint density at radius 1 is 1.13 bits per heavy atom. The largest absolute Gasteiger partial charge is 0.343 e. The summed E-state index contributed by atoms with van der Waals surface area (Å²) in [5, 5.41) is 3.27. The van der Waals surface area contributed by atoms with Crippen molar-refractivity contribution in [3.05, 3.63) is 0 Å². The molecule has 1 rings (SSSR count). The van der Waals surface area contributed by atoms with Gasteiger partial charge in [0.25, 0.3) is 0 Å². The molecule has 0 saturated carbocycles. The molecule has 0 unspecified atom stereocenters. The Balaban J connectivity index is 2.14. The van der Waals surface area contributed by atoms with Crippen LogP contribution in [0.4, 0.5) is 0 Å². The summed E-state index contributed by atoms with van der Waals surface area (Å²) in [7, 11) is 0. The maximum atomic E-state index is 11.8. The summed E-state index contributed by atoms with van der Waals surface area (Å²) >= 11 is 0. The third kappa shape index (κ3) is 5.17. The molecule has 0 bridgehead atoms. The normalized spacial score (nSPS) is 17.5. The van der Waals surface area contributed by atoms with Crippen molar-refractivity contribution in [1.29, 1.82) is 0 Å². The summed E-state index contributed by atoms with van der Waals surface area (Å²) in [6, 6.07) is 0. The average Bonchev–Trinajstić information content (AvgIpc) is 2.52. The van der Waals surface area contributed by atoms with Crippen molar-refractivity contribution >= 4 is 5.91 Å². The second-order valence-corrected chi connectivity index (χ2v) is 4.30. The van der Waals surface area contributed by atoms with Gasteiger partial charge in [-0.1, -0.05) is 19.8 Å². The molecule has 88 valence electrons. The molecule has 1 aliphatic rings. The Labute approximate surface area is 93.2 Å². The first-order valence-electron chi connectivity index (χ1n) is 6.33. The zero-order valence-corrected chi connectivity index (χ0v) is 9.93. The molecule has 0 aromatic heterocycles. The Kier molecular flexibility index (Phi) is 6.41. The minimum absolute atomic E-state index is 0.334. The fourth-order valence-corrected chi connectivity index (χ4v) is 1.98. The molecular formula is C12H24N2O. The number of nitrogens with zero attached hydrogens (tertiary/aromatic N) is 1. The summed E-state index contributed by atoms with van der Waals surface area (Å²) < 4.78 is 0. The predicted octanol–water partition coefficient (Wildman–Crippen LogP) is 1.78. The molecule has 3 heteroatoms. The van der Waals surface area contributed by atoms with Crippen molar-refractivity contribution in [2.24, 2.45) is 0 Å². The van der Waals surface area contributed by atoms with E-state index < -0.39 is 0 Å². The fraction of sp³-hybridized carbons (Fsp3) is 0.917. The van der Waals surface area contributed by atoms with Gasteiger partial charge in [-0.2, -0.15) is 0 Å². The third-order valence-corrected chi connectivity index (χ3v) is 2.90. The molecule has 1 saturated heterocycles. The summed E-state index contributed by atoms with van der Waals surface area (Å²) in [6.07, 6.45) is 6.76. The molecule has 0 spiro atoms. The second kappa shape index (κ2) is 7.69. The van der Waals surface area contributed by atoms with E-state index in [1.165, 1.54) is 25.7 Å². The highest BCUT2D eigenvalue weighted by Crippen LogP contribution is 2.10. The van der Waals surface area contributed by atoms with Crippen molar-refractivity contribution in [3.63, 3.8) is 0 Å². The number of amides is 1. The molecule has 3 nitrogen and oxygen atoms in total. The van der Waals surface area contributed by atoms with Gasteiger partial charge in [0.2, 0.25) is 5.91 Å². The highest BCUT2D eigenvalue weighted by atomic mass is 16.2. The van der Waals surface area contributed by atoms with Crippen molar-refractivity contribution in [1.82, 2.24) is 10.2 Å². The first kappa shape index (κ1) is 12.5. The Bertz CT molecular complexity index is 174. The van der Waals surface area contributed by atoms with E-state index in [0.29, 0.717) is 12.3 Å². The van der Waals surface area contributed by atoms with E-state index in [9.17, 15) is 4.79 Å². The van der Waals surface area contributed by atoms with E-state index >= 15 is 0 Å². The molecule has 0 aromatic rings. The number of nitrogens with one attached hydrogen (secondary N) is 1. The maximum Gasteiger partial charge on any atom is 0.223 e. The highest BCUT2D eigenvalue weighted by molar-refractivity contribution is 5.76. The molecule has 0 radical (unpaired) electrons. The van der Waals surface area contributed by atoms with E-state index in [-0.39, 0.29) is 0 Å². The van der Waals surface area contributed by atoms with Crippen LogP contribution in [0, 0.1) is 0 Å². The van der Waals surface area contributed by atoms with Crippen LogP contribution < -0.4 is 5.32 Å². The van der Waals surface area contributed by atoms with E-state index in [1.54, 1.807) is 0 Å². The van der Waals surface area contributed by atoms with Crippen LogP contribution in [-0.4, -0.2) is 37.0 Å². The van der Waals surface area contributed by atoms with Gasteiger partial charge in [-0.05, 0) is 25.8 Å². The monoisotopic (exact) mass is 212 g/mol. The Morgan fingerprint density at radius 2 is 1.80 bits per heavy atom. The van der Waals surface area contributed by atoms with Gasteiger partial charge < -0.3 is 10.2 Å². The molecule has 0 aromatic carbocycles. The lowest BCUT2D eigenvalue weighted by Crippen LogP contribution is -2.34. The van der Waals surface area contributed by atoms with Gasteiger partial charge in [0.1, 0.15) is 0 Å². The maximum absolute atomic E-state index is 11.8. The molecular weight excluding hydrogens is 188 g/mol. The fourth-order valence-electron chi connectivity index (χ4n) is 1.98. The van der Waals surface area contributed by atoms with Crippen LogP contribution in [0.5, 0.6) is 0 Å². The SMILES string of the molecule is CCCNCCC(=O)N1CCCCCC1. The summed E-state index contributed by atoms with van der Waals surface area (Å²) in [4.78, 5) is 13.8. The van der Waals surface area contributed by atoms with Crippen LogP contribution in [-0.2, 0) is 4.79 Å². The average molecular weight is 212 g/mol. The van der Waals surface area contributed by atoms with Crippen LogP contribution >= 0.6 is 0 Å². The van der Waals surface area contributed by atoms with Crippen LogP contribution in [0.3, 0.4) is 0 Å².